The zero-order valence-electron chi connectivity index (χ0n) is 10.9. The third-order valence-electron chi connectivity index (χ3n) is 2.60. The van der Waals surface area contributed by atoms with Gasteiger partial charge in [0.05, 0.1) is 9.13 Å². The molecule has 0 spiro atoms. The fourth-order valence-electron chi connectivity index (χ4n) is 1.62. The molecule has 8 heteroatoms. The number of aromatic carboxylic acids is 1. The zero-order valence-corrected chi connectivity index (χ0v) is 15.2. The molecule has 0 aliphatic carbocycles. The normalized spacial score (nSPS) is 13.7. The number of carboxylic acid groups (broad SMARTS) is 1. The van der Waals surface area contributed by atoms with Crippen molar-refractivity contribution >= 4 is 53.8 Å². The van der Waals surface area contributed by atoms with Crippen LogP contribution in [0.4, 0.5) is 0 Å². The largest absolute Gasteiger partial charge is 0.478 e. The van der Waals surface area contributed by atoms with E-state index in [-0.39, 0.29) is 11.5 Å². The van der Waals surface area contributed by atoms with E-state index in [0.29, 0.717) is 12.7 Å². The van der Waals surface area contributed by atoms with Gasteiger partial charge in [-0.1, -0.05) is 12.1 Å². The Morgan fingerprint density at radius 2 is 1.73 bits per heavy atom. The number of hydrogen-bond acceptors (Lipinski definition) is 5. The van der Waals surface area contributed by atoms with Crippen LogP contribution in [0, 0.1) is 7.14 Å². The number of fused-ring (bicyclic) bond motifs is 1. The predicted octanol–water partition coefficient (Wildman–Crippen LogP) is 3.23. The van der Waals surface area contributed by atoms with Crippen molar-refractivity contribution < 1.29 is 24.3 Å². The maximum atomic E-state index is 10.9. The van der Waals surface area contributed by atoms with Gasteiger partial charge in [-0.05, 0) is 12.1 Å². The van der Waals surface area contributed by atoms with Gasteiger partial charge in [-0.3, -0.25) is 3.07 Å². The van der Waals surface area contributed by atoms with Crippen LogP contribution < -0.4 is 0 Å². The van der Waals surface area contributed by atoms with Gasteiger partial charge in [-0.15, -0.1) is 0 Å². The van der Waals surface area contributed by atoms with Gasteiger partial charge in [0, 0.05) is 0 Å². The molecule has 0 radical (unpaired) electrons. The average Bonchev–Trinajstić information content (AvgIpc) is 2.83. The van der Waals surface area contributed by atoms with Crippen LogP contribution in [0.3, 0.4) is 0 Å². The topological polar surface area (TPSA) is 101 Å². The Morgan fingerprint density at radius 1 is 1.09 bits per heavy atom. The molecule has 1 aliphatic rings. The number of rotatable bonds is 2. The number of carbonyl (C=O) groups excluding carboxylic acids is 1. The van der Waals surface area contributed by atoms with Crippen molar-refractivity contribution in [3.8, 4) is 0 Å². The second-order valence-electron chi connectivity index (χ2n) is 3.94. The van der Waals surface area contributed by atoms with Crippen molar-refractivity contribution in [1.29, 1.82) is 0 Å². The number of halogens is 2. The van der Waals surface area contributed by atoms with Gasteiger partial charge in [0.2, 0.25) is 0 Å². The third-order valence-corrected chi connectivity index (χ3v) is 6.77. The molecule has 2 aromatic carbocycles. The van der Waals surface area contributed by atoms with Gasteiger partial charge in [-0.2, -0.15) is 0 Å². The first-order valence-corrected chi connectivity index (χ1v) is 10.7. The molecule has 2 N–H and O–H groups in total. The Bertz CT molecular complexity index is 731. The summed E-state index contributed by atoms with van der Waals surface area (Å²) >= 11 is -3.90. The van der Waals surface area contributed by atoms with Crippen molar-refractivity contribution in [2.75, 3.05) is 0 Å². The first kappa shape index (κ1) is 17.0. The smallest absolute Gasteiger partial charge is 0.336 e. The van der Waals surface area contributed by atoms with Gasteiger partial charge in [0.25, 0.3) is 0 Å². The van der Waals surface area contributed by atoms with Crippen molar-refractivity contribution in [3.05, 3.63) is 66.8 Å². The first-order chi connectivity index (χ1) is 10.5. The molecule has 0 amide bonds. The van der Waals surface area contributed by atoms with Gasteiger partial charge in [-0.25, -0.2) is 4.79 Å². The molecule has 0 saturated carbocycles. The molecule has 0 aromatic heterocycles. The molecule has 0 fully saturated rings. The molecule has 116 valence electrons. The summed E-state index contributed by atoms with van der Waals surface area (Å²) in [6, 6.07) is 13.3. The zero-order chi connectivity index (χ0) is 16.1. The van der Waals surface area contributed by atoms with E-state index < -0.39 is 47.8 Å². The number of hydrogen-bond donors (Lipinski definition) is 2. The minimum absolute atomic E-state index is 0.148. The molecule has 2 aromatic rings. The van der Waals surface area contributed by atoms with Crippen LogP contribution in [0.15, 0.2) is 48.5 Å². The standard InChI is InChI=1S/2C7H5IO3/c9-7-5-3-1-2-4-6(5)8(10)11-7;9-7(10)5-3-1-2-4-6(5)8-11/h1-4,10H;1-4H,(H,9,10). The van der Waals surface area contributed by atoms with E-state index in [1.54, 1.807) is 42.5 Å². The maximum absolute atomic E-state index is 10.9. The summed E-state index contributed by atoms with van der Waals surface area (Å²) in [6.45, 7) is 0. The number of benzene rings is 2. The van der Waals surface area contributed by atoms with Crippen LogP contribution in [0.25, 0.3) is 0 Å². The van der Waals surface area contributed by atoms with Gasteiger partial charge >= 0.3 is 77.3 Å². The fourth-order valence-corrected chi connectivity index (χ4v) is 4.89. The predicted molar refractivity (Wildman–Crippen MR) is 93.6 cm³/mol. The van der Waals surface area contributed by atoms with Gasteiger partial charge < -0.3 is 5.11 Å². The van der Waals surface area contributed by atoms with Crippen molar-refractivity contribution in [3.63, 3.8) is 0 Å². The SMILES string of the molecule is O=C1OI(O)c2ccccc21.O=Ic1ccccc1C(=O)O. The van der Waals surface area contributed by atoms with E-state index in [2.05, 4.69) is 0 Å². The maximum Gasteiger partial charge on any atom is 0.336 e. The second kappa shape index (κ2) is 7.74. The van der Waals surface area contributed by atoms with Crippen molar-refractivity contribution in [2.24, 2.45) is 0 Å². The van der Waals surface area contributed by atoms with E-state index in [4.69, 9.17) is 8.17 Å². The molecule has 0 bridgehead atoms. The summed E-state index contributed by atoms with van der Waals surface area (Å²) in [4.78, 5) is 21.4. The summed E-state index contributed by atoms with van der Waals surface area (Å²) in [6.07, 6.45) is 0. The van der Waals surface area contributed by atoms with Crippen LogP contribution in [-0.2, 0) is 6.14 Å². The summed E-state index contributed by atoms with van der Waals surface area (Å²) in [5, 5.41) is 8.58. The summed E-state index contributed by atoms with van der Waals surface area (Å²) in [7, 11) is 0. The van der Waals surface area contributed by atoms with Gasteiger partial charge in [0.15, 0.2) is 21.2 Å². The average molecular weight is 528 g/mol. The molecule has 22 heavy (non-hydrogen) atoms. The van der Waals surface area contributed by atoms with Gasteiger partial charge in [0.1, 0.15) is 0 Å². The summed E-state index contributed by atoms with van der Waals surface area (Å²) < 4.78 is 25.6. The van der Waals surface area contributed by atoms with Crippen LogP contribution in [0.2, 0.25) is 0 Å². The number of carboxylic acids is 1. The van der Waals surface area contributed by atoms with E-state index in [9.17, 15) is 16.1 Å². The quantitative estimate of drug-likeness (QED) is 0.582. The molecule has 6 nitrogen and oxygen atoms in total. The minimum atomic E-state index is -2.52. The van der Waals surface area contributed by atoms with E-state index in [0.717, 1.165) is 0 Å². The fraction of sp³-hybridized carbons (Fsp3) is 0. The molecule has 0 saturated heterocycles. The summed E-state index contributed by atoms with van der Waals surface area (Å²) in [5.41, 5.74) is 0.676. The van der Waals surface area contributed by atoms with Crippen LogP contribution in [0.1, 0.15) is 20.7 Å². The number of carbonyl (C=O) groups is 2. The van der Waals surface area contributed by atoms with E-state index in [1.165, 1.54) is 6.07 Å². The molecule has 0 unspecified atom stereocenters. The molecular formula is C14H10I2O6. The van der Waals surface area contributed by atoms with Crippen molar-refractivity contribution in [1.82, 2.24) is 0 Å². The molecule has 1 heterocycles. The Kier molecular flexibility index (Phi) is 5.97. The monoisotopic (exact) mass is 528 g/mol. The Hall–Kier alpha value is -1.40. The molecule has 1 aliphatic heterocycles. The Balaban J connectivity index is 0.000000160. The van der Waals surface area contributed by atoms with Crippen LogP contribution in [0.5, 0.6) is 0 Å². The molecular weight excluding hydrogens is 518 g/mol. The molecule has 3 rings (SSSR count). The molecule has 0 atom stereocenters. The van der Waals surface area contributed by atoms with Crippen LogP contribution in [-0.4, -0.2) is 20.5 Å². The Labute approximate surface area is 144 Å². The first-order valence-electron chi connectivity index (χ1n) is 5.85. The van der Waals surface area contributed by atoms with Crippen LogP contribution >= 0.6 is 41.8 Å². The van der Waals surface area contributed by atoms with Crippen molar-refractivity contribution in [2.45, 2.75) is 0 Å². The second-order valence-corrected chi connectivity index (χ2v) is 8.46. The van der Waals surface area contributed by atoms with E-state index in [1.807, 2.05) is 0 Å². The summed E-state index contributed by atoms with van der Waals surface area (Å²) in [5.74, 6) is -1.40. The Morgan fingerprint density at radius 3 is 2.32 bits per heavy atom. The van der Waals surface area contributed by atoms with E-state index >= 15 is 0 Å². The third kappa shape index (κ3) is 3.87. The minimum Gasteiger partial charge on any atom is -0.478 e.